The van der Waals surface area contributed by atoms with Gasteiger partial charge in [0.2, 0.25) is 10.0 Å². The highest BCUT2D eigenvalue weighted by atomic mass is 32.2. The van der Waals surface area contributed by atoms with Crippen LogP contribution in [0.15, 0.2) is 11.0 Å². The molecular weight excluding hydrogens is 270 g/mol. The van der Waals surface area contributed by atoms with Gasteiger partial charge in [0.05, 0.1) is 14.2 Å². The second-order valence-electron chi connectivity index (χ2n) is 2.83. The van der Waals surface area contributed by atoms with Gasteiger partial charge in [-0.15, -0.1) is 11.3 Å². The van der Waals surface area contributed by atoms with Crippen LogP contribution in [0.3, 0.4) is 0 Å². The summed E-state index contributed by atoms with van der Waals surface area (Å²) in [6.07, 6.45) is 0. The van der Waals surface area contributed by atoms with Crippen molar-refractivity contribution in [3.63, 3.8) is 0 Å². The largest absolute Gasteiger partial charge is 0.465 e. The summed E-state index contributed by atoms with van der Waals surface area (Å²) in [6.45, 7) is 0. The highest BCUT2D eigenvalue weighted by Gasteiger charge is 2.26. The van der Waals surface area contributed by atoms with Crippen LogP contribution in [0.25, 0.3) is 0 Å². The number of ether oxygens (including phenoxy) is 2. The summed E-state index contributed by atoms with van der Waals surface area (Å²) in [6, 6.07) is 0.984. The molecule has 0 unspecified atom stereocenters. The molecule has 0 aromatic carbocycles. The van der Waals surface area contributed by atoms with E-state index in [-0.39, 0.29) is 9.75 Å². The van der Waals surface area contributed by atoms with Gasteiger partial charge in [-0.3, -0.25) is 0 Å². The van der Waals surface area contributed by atoms with Gasteiger partial charge in [0.1, 0.15) is 14.6 Å². The van der Waals surface area contributed by atoms with E-state index in [0.717, 1.165) is 20.3 Å². The molecule has 0 aliphatic carbocycles. The number of esters is 2. The van der Waals surface area contributed by atoms with E-state index in [2.05, 4.69) is 9.47 Å². The molecule has 94 valence electrons. The molecule has 9 heteroatoms. The molecule has 1 aromatic rings. The fourth-order valence-corrected chi connectivity index (χ4v) is 3.08. The monoisotopic (exact) mass is 279 g/mol. The van der Waals surface area contributed by atoms with Gasteiger partial charge < -0.3 is 9.47 Å². The molecule has 0 saturated carbocycles. The van der Waals surface area contributed by atoms with Crippen LogP contribution in [-0.2, 0) is 19.5 Å². The van der Waals surface area contributed by atoms with Gasteiger partial charge in [0, 0.05) is 0 Å². The molecule has 2 N–H and O–H groups in total. The topological polar surface area (TPSA) is 113 Å². The molecular formula is C8H9NO6S2. The Labute approximate surface area is 101 Å². The van der Waals surface area contributed by atoms with Crippen LogP contribution in [0.1, 0.15) is 19.3 Å². The normalized spacial score (nSPS) is 11.0. The van der Waals surface area contributed by atoms with Gasteiger partial charge in [-0.2, -0.15) is 0 Å². The minimum Gasteiger partial charge on any atom is -0.465 e. The molecule has 0 aliphatic heterocycles. The van der Waals surface area contributed by atoms with Crippen LogP contribution in [0.2, 0.25) is 0 Å². The first-order valence-corrected chi connectivity index (χ1v) is 6.50. The van der Waals surface area contributed by atoms with Crippen molar-refractivity contribution < 1.29 is 27.5 Å². The fourth-order valence-electron chi connectivity index (χ4n) is 1.02. The van der Waals surface area contributed by atoms with Crippen LogP contribution >= 0.6 is 11.3 Å². The number of thiophene rings is 1. The number of rotatable bonds is 3. The van der Waals surface area contributed by atoms with Crippen molar-refractivity contribution in [1.82, 2.24) is 0 Å². The molecule has 0 fully saturated rings. The Morgan fingerprint density at radius 3 is 2.18 bits per heavy atom. The first-order chi connectivity index (χ1) is 7.81. The van der Waals surface area contributed by atoms with Crippen LogP contribution in [0.5, 0.6) is 0 Å². The standard InChI is InChI=1S/C8H9NO6S2/c1-14-7(10)4-3-5(17(9,12)13)6(16-4)8(11)15-2/h3H,1-2H3,(H2,9,12,13). The minimum absolute atomic E-state index is 0.0445. The lowest BCUT2D eigenvalue weighted by molar-refractivity contribution is 0.0596. The van der Waals surface area contributed by atoms with Crippen molar-refractivity contribution in [3.8, 4) is 0 Å². The Balaban J connectivity index is 3.42. The lowest BCUT2D eigenvalue weighted by Crippen LogP contribution is -2.15. The predicted molar refractivity (Wildman–Crippen MR) is 58.4 cm³/mol. The maximum absolute atomic E-state index is 11.3. The van der Waals surface area contributed by atoms with Crippen molar-refractivity contribution >= 4 is 33.3 Å². The van der Waals surface area contributed by atoms with Gasteiger partial charge >= 0.3 is 11.9 Å². The number of carbonyl (C=O) groups is 2. The van der Waals surface area contributed by atoms with Gasteiger partial charge in [-0.05, 0) is 6.07 Å². The summed E-state index contributed by atoms with van der Waals surface area (Å²) in [5.41, 5.74) is 0. The van der Waals surface area contributed by atoms with Crippen molar-refractivity contribution in [2.45, 2.75) is 4.90 Å². The average Bonchev–Trinajstić information content (AvgIpc) is 2.71. The van der Waals surface area contributed by atoms with E-state index in [0.29, 0.717) is 11.3 Å². The van der Waals surface area contributed by atoms with Gasteiger partial charge in [0.15, 0.2) is 0 Å². The maximum atomic E-state index is 11.3. The summed E-state index contributed by atoms with van der Waals surface area (Å²) < 4.78 is 31.3. The third kappa shape index (κ3) is 2.81. The van der Waals surface area contributed by atoms with Crippen molar-refractivity contribution in [2.75, 3.05) is 14.2 Å². The summed E-state index contributed by atoms with van der Waals surface area (Å²) in [5.74, 6) is -1.63. The van der Waals surface area contributed by atoms with E-state index in [4.69, 9.17) is 5.14 Å². The first-order valence-electron chi connectivity index (χ1n) is 4.14. The quantitative estimate of drug-likeness (QED) is 0.777. The Morgan fingerprint density at radius 2 is 1.76 bits per heavy atom. The minimum atomic E-state index is -4.11. The van der Waals surface area contributed by atoms with Crippen LogP contribution < -0.4 is 5.14 Å². The summed E-state index contributed by atoms with van der Waals surface area (Å²) in [4.78, 5) is 21.8. The molecule has 0 bridgehead atoms. The average molecular weight is 279 g/mol. The highest BCUT2D eigenvalue weighted by molar-refractivity contribution is 7.89. The van der Waals surface area contributed by atoms with Gasteiger partial charge in [-0.1, -0.05) is 0 Å². The third-order valence-electron chi connectivity index (χ3n) is 1.76. The number of sulfonamides is 1. The van der Waals surface area contributed by atoms with Crippen molar-refractivity contribution in [3.05, 3.63) is 15.8 Å². The van der Waals surface area contributed by atoms with E-state index in [1.165, 1.54) is 0 Å². The zero-order valence-electron chi connectivity index (χ0n) is 8.92. The highest BCUT2D eigenvalue weighted by Crippen LogP contribution is 2.27. The van der Waals surface area contributed by atoms with Gasteiger partial charge in [-0.25, -0.2) is 23.1 Å². The molecule has 0 amide bonds. The zero-order chi connectivity index (χ0) is 13.2. The molecule has 1 aromatic heterocycles. The molecule has 7 nitrogen and oxygen atoms in total. The molecule has 17 heavy (non-hydrogen) atoms. The van der Waals surface area contributed by atoms with E-state index in [1.807, 2.05) is 0 Å². The number of primary sulfonamides is 1. The van der Waals surface area contributed by atoms with E-state index >= 15 is 0 Å². The number of hydrogen-bond donors (Lipinski definition) is 1. The van der Waals surface area contributed by atoms with E-state index < -0.39 is 26.9 Å². The number of carbonyl (C=O) groups excluding carboxylic acids is 2. The molecule has 0 saturated heterocycles. The molecule has 1 rings (SSSR count). The lowest BCUT2D eigenvalue weighted by Gasteiger charge is -1.98. The molecule has 0 spiro atoms. The molecule has 0 radical (unpaired) electrons. The molecule has 1 heterocycles. The van der Waals surface area contributed by atoms with Crippen molar-refractivity contribution in [1.29, 1.82) is 0 Å². The smallest absolute Gasteiger partial charge is 0.349 e. The first kappa shape index (κ1) is 13.6. The van der Waals surface area contributed by atoms with Gasteiger partial charge in [0.25, 0.3) is 0 Å². The number of nitrogens with two attached hydrogens (primary N) is 1. The Morgan fingerprint density at radius 1 is 1.24 bits per heavy atom. The number of hydrogen-bond acceptors (Lipinski definition) is 7. The second kappa shape index (κ2) is 4.82. The SMILES string of the molecule is COC(=O)c1cc(S(N)(=O)=O)c(C(=O)OC)s1. The summed E-state index contributed by atoms with van der Waals surface area (Å²) in [7, 11) is -1.88. The maximum Gasteiger partial charge on any atom is 0.349 e. The van der Waals surface area contributed by atoms with E-state index in [9.17, 15) is 18.0 Å². The second-order valence-corrected chi connectivity index (χ2v) is 5.41. The Bertz CT molecular complexity index is 559. The van der Waals surface area contributed by atoms with Crippen LogP contribution in [0, 0.1) is 0 Å². The van der Waals surface area contributed by atoms with Crippen LogP contribution in [0.4, 0.5) is 0 Å². The van der Waals surface area contributed by atoms with Crippen molar-refractivity contribution in [2.24, 2.45) is 5.14 Å². The van der Waals surface area contributed by atoms with Crippen LogP contribution in [-0.4, -0.2) is 34.6 Å². The third-order valence-corrected chi connectivity index (χ3v) is 3.92. The summed E-state index contributed by atoms with van der Waals surface area (Å²) in [5, 5.41) is 4.92. The lowest BCUT2D eigenvalue weighted by atomic mass is 10.4. The fraction of sp³-hybridized carbons (Fsp3) is 0.250. The summed E-state index contributed by atoms with van der Waals surface area (Å²) >= 11 is 0.643. The Kier molecular flexibility index (Phi) is 3.86. The molecule has 0 aliphatic rings. The molecule has 0 atom stereocenters. The Hall–Kier alpha value is -1.45. The zero-order valence-corrected chi connectivity index (χ0v) is 10.6. The number of methoxy groups -OCH3 is 2. The van der Waals surface area contributed by atoms with E-state index in [1.54, 1.807) is 0 Å². The predicted octanol–water partition coefficient (Wildman–Crippen LogP) is -0.0313.